The Bertz CT molecular complexity index is 1080. The highest BCUT2D eigenvalue weighted by atomic mass is 32.2. The third-order valence-corrected chi connectivity index (χ3v) is 7.02. The fraction of sp³-hybridized carbons (Fsp3) is 0.375. The summed E-state index contributed by atoms with van der Waals surface area (Å²) in [6.07, 6.45) is 2.11. The largest absolute Gasteiger partial charge is 0.494 e. The van der Waals surface area contributed by atoms with Gasteiger partial charge in [0.15, 0.2) is 5.82 Å². The zero-order chi connectivity index (χ0) is 22.6. The predicted octanol–water partition coefficient (Wildman–Crippen LogP) is 3.40. The summed E-state index contributed by atoms with van der Waals surface area (Å²) < 4.78 is 13.1. The van der Waals surface area contributed by atoms with Gasteiger partial charge in [-0.15, -0.1) is 10.2 Å². The second-order valence-electron chi connectivity index (χ2n) is 8.04. The number of benzene rings is 2. The Labute approximate surface area is 197 Å². The van der Waals surface area contributed by atoms with Crippen LogP contribution in [0, 0.1) is 0 Å². The molecule has 0 unspecified atom stereocenters. The standard InChI is InChI=1S/C24H27N5O3S/c1-2-31-18-12-10-16(11-13-18)20-21(23(30)25-15-19-9-6-14-32-19)33-24-27-26-22(29(24)28-20)17-7-4-3-5-8-17/h3-5,7-8,10-13,19-21,28H,2,6,9,14-15H2,1H3,(H,25,30)/t19-,20-,21+/m0/s1. The molecule has 0 spiro atoms. The van der Waals surface area contributed by atoms with Crippen LogP contribution in [0.2, 0.25) is 0 Å². The van der Waals surface area contributed by atoms with E-state index in [4.69, 9.17) is 9.47 Å². The van der Waals surface area contributed by atoms with Crippen LogP contribution in [0.1, 0.15) is 31.4 Å². The number of aromatic nitrogens is 3. The molecule has 1 fully saturated rings. The van der Waals surface area contributed by atoms with E-state index in [2.05, 4.69) is 20.9 Å². The van der Waals surface area contributed by atoms with Gasteiger partial charge in [0.05, 0.1) is 18.8 Å². The number of ether oxygens (including phenoxy) is 2. The van der Waals surface area contributed by atoms with Crippen LogP contribution < -0.4 is 15.5 Å². The zero-order valence-electron chi connectivity index (χ0n) is 18.4. The average Bonchev–Trinajstić information content (AvgIpc) is 3.53. The van der Waals surface area contributed by atoms with E-state index >= 15 is 0 Å². The lowest BCUT2D eigenvalue weighted by Gasteiger charge is -2.33. The number of hydrogen-bond acceptors (Lipinski definition) is 7. The Kier molecular flexibility index (Phi) is 6.50. The summed E-state index contributed by atoms with van der Waals surface area (Å²) in [6, 6.07) is 17.5. The van der Waals surface area contributed by atoms with Gasteiger partial charge in [-0.05, 0) is 37.5 Å². The molecule has 0 saturated carbocycles. The molecule has 2 aliphatic rings. The maximum atomic E-state index is 13.3. The van der Waals surface area contributed by atoms with Gasteiger partial charge in [0.2, 0.25) is 11.1 Å². The Morgan fingerprint density at radius 1 is 1.21 bits per heavy atom. The number of hydrogen-bond donors (Lipinski definition) is 2. The van der Waals surface area contributed by atoms with E-state index in [1.165, 1.54) is 11.8 Å². The molecular weight excluding hydrogens is 438 g/mol. The van der Waals surface area contributed by atoms with E-state index in [1.54, 1.807) is 0 Å². The predicted molar refractivity (Wildman–Crippen MR) is 127 cm³/mol. The van der Waals surface area contributed by atoms with Crippen LogP contribution in [0.3, 0.4) is 0 Å². The van der Waals surface area contributed by atoms with Crippen molar-refractivity contribution in [2.24, 2.45) is 0 Å². The van der Waals surface area contributed by atoms with Crippen molar-refractivity contribution in [2.45, 2.75) is 42.3 Å². The molecule has 2 aromatic carbocycles. The van der Waals surface area contributed by atoms with Gasteiger partial charge in [-0.25, -0.2) is 4.68 Å². The summed E-state index contributed by atoms with van der Waals surface area (Å²) >= 11 is 1.42. The van der Waals surface area contributed by atoms with Crippen molar-refractivity contribution in [3.8, 4) is 17.1 Å². The first kappa shape index (κ1) is 21.8. The van der Waals surface area contributed by atoms with Crippen molar-refractivity contribution in [3.05, 3.63) is 60.2 Å². The molecule has 0 bridgehead atoms. The fourth-order valence-corrected chi connectivity index (χ4v) is 5.24. The number of carbonyl (C=O) groups is 1. The van der Waals surface area contributed by atoms with Crippen LogP contribution in [-0.2, 0) is 9.53 Å². The summed E-state index contributed by atoms with van der Waals surface area (Å²) in [5, 5.41) is 12.1. The minimum atomic E-state index is -0.412. The van der Waals surface area contributed by atoms with Crippen LogP contribution in [0.15, 0.2) is 59.8 Å². The Morgan fingerprint density at radius 3 is 2.76 bits per heavy atom. The zero-order valence-corrected chi connectivity index (χ0v) is 19.3. The Balaban J connectivity index is 1.43. The summed E-state index contributed by atoms with van der Waals surface area (Å²) in [4.78, 5) is 13.3. The van der Waals surface area contributed by atoms with Crippen LogP contribution >= 0.6 is 11.8 Å². The molecule has 172 valence electrons. The van der Waals surface area contributed by atoms with Gasteiger partial charge < -0.3 is 20.2 Å². The van der Waals surface area contributed by atoms with E-state index in [1.807, 2.05) is 66.2 Å². The summed E-state index contributed by atoms with van der Waals surface area (Å²) in [5.41, 5.74) is 5.45. The molecule has 2 aliphatic heterocycles. The van der Waals surface area contributed by atoms with E-state index in [0.717, 1.165) is 36.3 Å². The fourth-order valence-electron chi connectivity index (χ4n) is 4.14. The average molecular weight is 466 g/mol. The van der Waals surface area contributed by atoms with Crippen LogP contribution in [0.5, 0.6) is 5.75 Å². The second kappa shape index (κ2) is 9.84. The lowest BCUT2D eigenvalue weighted by Crippen LogP contribution is -2.45. The molecule has 1 amide bonds. The second-order valence-corrected chi connectivity index (χ2v) is 9.14. The summed E-state index contributed by atoms with van der Waals surface area (Å²) in [6.45, 7) is 3.85. The molecule has 5 rings (SSSR count). The van der Waals surface area contributed by atoms with Crippen LogP contribution in [0.25, 0.3) is 11.4 Å². The third kappa shape index (κ3) is 4.69. The maximum Gasteiger partial charge on any atom is 0.236 e. The molecule has 33 heavy (non-hydrogen) atoms. The van der Waals surface area contributed by atoms with Crippen molar-refractivity contribution < 1.29 is 14.3 Å². The number of nitrogens with zero attached hydrogens (tertiary/aromatic N) is 3. The smallest absolute Gasteiger partial charge is 0.236 e. The molecule has 3 heterocycles. The molecule has 1 aromatic heterocycles. The van der Waals surface area contributed by atoms with Crippen molar-refractivity contribution >= 4 is 17.7 Å². The van der Waals surface area contributed by atoms with Crippen LogP contribution in [-0.4, -0.2) is 51.9 Å². The summed E-state index contributed by atoms with van der Waals surface area (Å²) in [5.74, 6) is 1.48. The van der Waals surface area contributed by atoms with Crippen molar-refractivity contribution in [3.63, 3.8) is 0 Å². The Morgan fingerprint density at radius 2 is 2.03 bits per heavy atom. The molecule has 8 nitrogen and oxygen atoms in total. The molecule has 3 aromatic rings. The molecule has 3 atom stereocenters. The van der Waals surface area contributed by atoms with E-state index < -0.39 is 5.25 Å². The van der Waals surface area contributed by atoms with Gasteiger partial charge in [-0.3, -0.25) is 4.79 Å². The lowest BCUT2D eigenvalue weighted by atomic mass is 10.0. The highest BCUT2D eigenvalue weighted by molar-refractivity contribution is 8.00. The first-order chi connectivity index (χ1) is 16.2. The number of fused-ring (bicyclic) bond motifs is 1. The molecule has 0 radical (unpaired) electrons. The lowest BCUT2D eigenvalue weighted by molar-refractivity contribution is -0.121. The quantitative estimate of drug-likeness (QED) is 0.553. The van der Waals surface area contributed by atoms with Gasteiger partial charge in [-0.1, -0.05) is 54.2 Å². The normalized spacial score (nSPS) is 21.8. The number of amides is 1. The number of thioether (sulfide) groups is 1. The Hall–Kier alpha value is -3.04. The maximum absolute atomic E-state index is 13.3. The van der Waals surface area contributed by atoms with Crippen molar-refractivity contribution in [1.29, 1.82) is 0 Å². The highest BCUT2D eigenvalue weighted by Crippen LogP contribution is 2.39. The monoisotopic (exact) mass is 465 g/mol. The van der Waals surface area contributed by atoms with Gasteiger partial charge in [-0.2, -0.15) is 0 Å². The molecule has 2 N–H and O–H groups in total. The van der Waals surface area contributed by atoms with Gasteiger partial charge in [0, 0.05) is 18.7 Å². The van der Waals surface area contributed by atoms with E-state index in [0.29, 0.717) is 24.1 Å². The number of nitrogens with one attached hydrogen (secondary N) is 2. The molecule has 0 aliphatic carbocycles. The molecule has 9 heteroatoms. The first-order valence-corrected chi connectivity index (χ1v) is 12.2. The molecule has 1 saturated heterocycles. The van der Waals surface area contributed by atoms with Crippen molar-refractivity contribution in [2.75, 3.05) is 25.2 Å². The highest BCUT2D eigenvalue weighted by Gasteiger charge is 2.38. The van der Waals surface area contributed by atoms with E-state index in [-0.39, 0.29) is 18.1 Å². The van der Waals surface area contributed by atoms with Crippen molar-refractivity contribution in [1.82, 2.24) is 20.2 Å². The SMILES string of the molecule is CCOc1ccc([C@@H]2Nn3c(nnc3-c3ccccc3)S[C@H]2C(=O)NC[C@@H]2CCCO2)cc1. The summed E-state index contributed by atoms with van der Waals surface area (Å²) in [7, 11) is 0. The topological polar surface area (TPSA) is 90.3 Å². The van der Waals surface area contributed by atoms with Crippen LogP contribution in [0.4, 0.5) is 0 Å². The third-order valence-electron chi connectivity index (χ3n) is 5.81. The first-order valence-electron chi connectivity index (χ1n) is 11.3. The van der Waals surface area contributed by atoms with E-state index in [9.17, 15) is 4.79 Å². The minimum Gasteiger partial charge on any atom is -0.494 e. The van der Waals surface area contributed by atoms with Gasteiger partial charge in [0.1, 0.15) is 11.0 Å². The number of rotatable bonds is 7. The minimum absolute atomic E-state index is 0.0441. The number of carbonyl (C=O) groups excluding carboxylic acids is 1. The van der Waals surface area contributed by atoms with Gasteiger partial charge in [0.25, 0.3) is 0 Å². The molecular formula is C24H27N5O3S. The van der Waals surface area contributed by atoms with Gasteiger partial charge >= 0.3 is 0 Å².